The van der Waals surface area contributed by atoms with Gasteiger partial charge in [0.2, 0.25) is 0 Å². The van der Waals surface area contributed by atoms with Gasteiger partial charge in [0.25, 0.3) is 0 Å². The molecule has 0 nitrogen and oxygen atoms in total. The molecule has 38 heavy (non-hydrogen) atoms. The van der Waals surface area contributed by atoms with E-state index in [1.54, 1.807) is 0 Å². The van der Waals surface area contributed by atoms with Gasteiger partial charge in [-0.05, 0) is 113 Å². The Morgan fingerprint density at radius 2 is 0.737 bits per heavy atom. The highest BCUT2D eigenvalue weighted by atomic mass is 79.9. The predicted octanol–water partition coefficient (Wildman–Crippen LogP) is 12.1. The van der Waals surface area contributed by atoms with Crippen LogP contribution in [0.4, 0.5) is 0 Å². The molecular formula is C34H50Br2Si2. The van der Waals surface area contributed by atoms with Crippen molar-refractivity contribution in [2.75, 3.05) is 0 Å². The van der Waals surface area contributed by atoms with Crippen LogP contribution in [0.25, 0.3) is 10.8 Å². The molecule has 0 radical (unpaired) electrons. The number of hydrogen-bond donors (Lipinski definition) is 0. The lowest BCUT2D eigenvalue weighted by Crippen LogP contribution is -2.43. The topological polar surface area (TPSA) is 0 Å². The van der Waals surface area contributed by atoms with Gasteiger partial charge in [0.1, 0.15) is 16.1 Å². The Hall–Kier alpha value is -0.786. The molecule has 0 unspecified atom stereocenters. The van der Waals surface area contributed by atoms with Gasteiger partial charge >= 0.3 is 0 Å². The van der Waals surface area contributed by atoms with Gasteiger partial charge in [-0.1, -0.05) is 94.9 Å². The molecule has 0 aromatic heterocycles. The molecule has 0 amide bonds. The van der Waals surface area contributed by atoms with Crippen molar-refractivity contribution >= 4 is 58.8 Å². The van der Waals surface area contributed by atoms with E-state index in [-0.39, 0.29) is 0 Å². The Morgan fingerprint density at radius 3 is 0.947 bits per heavy atom. The van der Waals surface area contributed by atoms with Crippen LogP contribution < -0.4 is 0 Å². The van der Waals surface area contributed by atoms with Crippen molar-refractivity contribution in [3.05, 3.63) is 43.3 Å². The van der Waals surface area contributed by atoms with Crippen LogP contribution in [0.2, 0.25) is 33.2 Å². The van der Waals surface area contributed by atoms with Crippen molar-refractivity contribution in [2.45, 2.75) is 130 Å². The van der Waals surface area contributed by atoms with Crippen molar-refractivity contribution < 1.29 is 0 Å². The summed E-state index contributed by atoms with van der Waals surface area (Å²) in [7, 11) is -3.63. The van der Waals surface area contributed by atoms with Crippen LogP contribution in [0.15, 0.2) is 21.1 Å². The first-order valence-corrected chi connectivity index (χ1v) is 20.5. The summed E-state index contributed by atoms with van der Waals surface area (Å²) in [5, 5.41) is 2.52. The van der Waals surface area contributed by atoms with E-state index in [0.717, 1.165) is 20.1 Å². The lowest BCUT2D eigenvalue weighted by molar-refractivity contribution is 0.838. The van der Waals surface area contributed by atoms with E-state index in [9.17, 15) is 0 Å². The first kappa shape index (κ1) is 33.4. The van der Waals surface area contributed by atoms with E-state index in [1.165, 1.54) is 21.9 Å². The predicted molar refractivity (Wildman–Crippen MR) is 185 cm³/mol. The molecule has 0 saturated heterocycles. The van der Waals surface area contributed by atoms with E-state index in [4.69, 9.17) is 0 Å². The molecule has 0 N–H and O–H groups in total. The first-order chi connectivity index (χ1) is 17.5. The molecule has 2 aromatic rings. The molecule has 2 rings (SSSR count). The Bertz CT molecular complexity index is 1150. The Balaban J connectivity index is 2.82. The summed E-state index contributed by atoms with van der Waals surface area (Å²) in [6.07, 6.45) is 0. The van der Waals surface area contributed by atoms with E-state index in [2.05, 4.69) is 164 Å². The maximum atomic E-state index is 3.93. The smallest absolute Gasteiger partial charge is 0.125 e. The maximum absolute atomic E-state index is 3.93. The van der Waals surface area contributed by atoms with Crippen molar-refractivity contribution in [3.63, 3.8) is 0 Å². The Kier molecular flexibility index (Phi) is 11.3. The average Bonchev–Trinajstić information content (AvgIpc) is 2.77. The molecule has 0 aliphatic rings. The monoisotopic (exact) mass is 672 g/mol. The highest BCUT2D eigenvalue weighted by Crippen LogP contribution is 2.43. The van der Waals surface area contributed by atoms with Gasteiger partial charge in [0, 0.05) is 20.1 Å². The number of benzene rings is 2. The second-order valence-electron chi connectivity index (χ2n) is 13.1. The van der Waals surface area contributed by atoms with Crippen LogP contribution in [-0.4, -0.2) is 16.1 Å². The summed E-state index contributed by atoms with van der Waals surface area (Å²) in [4.78, 5) is 0. The summed E-state index contributed by atoms with van der Waals surface area (Å²) < 4.78 is 2.18. The molecule has 0 aliphatic carbocycles. The summed E-state index contributed by atoms with van der Waals surface area (Å²) in [6, 6.07) is 4.56. The molecule has 4 heteroatoms. The highest BCUT2D eigenvalue weighted by molar-refractivity contribution is 9.10. The van der Waals surface area contributed by atoms with Crippen LogP contribution >= 0.6 is 31.9 Å². The quantitative estimate of drug-likeness (QED) is 0.211. The summed E-state index contributed by atoms with van der Waals surface area (Å²) in [6.45, 7) is 33.0. The molecule has 208 valence electrons. The van der Waals surface area contributed by atoms with Gasteiger partial charge in [-0.3, -0.25) is 0 Å². The van der Waals surface area contributed by atoms with Crippen LogP contribution in [0.1, 0.15) is 105 Å². The van der Waals surface area contributed by atoms with Crippen molar-refractivity contribution in [1.29, 1.82) is 0 Å². The number of halogens is 2. The fourth-order valence-electron chi connectivity index (χ4n) is 7.32. The zero-order chi connectivity index (χ0) is 29.3. The van der Waals surface area contributed by atoms with Crippen LogP contribution in [0.3, 0.4) is 0 Å². The molecule has 0 saturated carbocycles. The molecule has 0 aliphatic heterocycles. The average molecular weight is 675 g/mol. The summed E-state index contributed by atoms with van der Waals surface area (Å²) in [5.74, 6) is 7.44. The number of fused-ring (bicyclic) bond motifs is 1. The van der Waals surface area contributed by atoms with Crippen LogP contribution in [0, 0.1) is 36.8 Å². The summed E-state index contributed by atoms with van der Waals surface area (Å²) >= 11 is 7.85. The zero-order valence-corrected chi connectivity index (χ0v) is 31.5. The zero-order valence-electron chi connectivity index (χ0n) is 26.4. The molecule has 0 spiro atoms. The van der Waals surface area contributed by atoms with E-state index >= 15 is 0 Å². The van der Waals surface area contributed by atoms with Gasteiger partial charge < -0.3 is 0 Å². The highest BCUT2D eigenvalue weighted by Gasteiger charge is 2.42. The normalized spacial score (nSPS) is 12.7. The van der Waals surface area contributed by atoms with Crippen molar-refractivity contribution in [3.8, 4) is 22.9 Å². The largest absolute Gasteiger partial charge is 0.146 e. The maximum Gasteiger partial charge on any atom is 0.146 e. The molecular weight excluding hydrogens is 624 g/mol. The fraction of sp³-hybridized carbons (Fsp3) is 0.588. The standard InChI is InChI=1S/C34H50Br2Si2/c1-21(2)37(22(3)4,23(5)6)17-15-29-27(13)31-20-34(36)30(28(14)32(31)19-33(29)35)16-18-38(24(7)8,25(9)10)26(11)12/h19-26H,1-14H3. The van der Waals surface area contributed by atoms with Crippen LogP contribution in [0.5, 0.6) is 0 Å². The molecule has 0 heterocycles. The second-order valence-corrected chi connectivity index (χ2v) is 26.0. The summed E-state index contributed by atoms with van der Waals surface area (Å²) in [5.41, 5.74) is 16.3. The molecule has 0 bridgehead atoms. The van der Waals surface area contributed by atoms with Gasteiger partial charge in [-0.25, -0.2) is 0 Å². The van der Waals surface area contributed by atoms with Gasteiger partial charge in [0.15, 0.2) is 0 Å². The number of rotatable bonds is 6. The van der Waals surface area contributed by atoms with Crippen molar-refractivity contribution in [2.24, 2.45) is 0 Å². The third-order valence-corrected chi connectivity index (χ3v) is 23.2. The van der Waals surface area contributed by atoms with Gasteiger partial charge in [-0.15, -0.1) is 11.1 Å². The van der Waals surface area contributed by atoms with Crippen molar-refractivity contribution in [1.82, 2.24) is 0 Å². The SMILES string of the molecule is Cc1c(C#C[Si](C(C)C)(C(C)C)C(C)C)c(Br)cc2c(C)c(C#C[Si](C(C)C)(C(C)C)C(C)C)c(Br)cc12. The third-order valence-electron chi connectivity index (χ3n) is 9.41. The minimum absolute atomic E-state index is 0.616. The lowest BCUT2D eigenvalue weighted by Gasteiger charge is -2.38. The number of aryl methyl sites for hydroxylation is 2. The van der Waals surface area contributed by atoms with E-state index in [0.29, 0.717) is 33.2 Å². The van der Waals surface area contributed by atoms with E-state index < -0.39 is 16.1 Å². The van der Waals surface area contributed by atoms with E-state index in [1.807, 2.05) is 0 Å². The molecule has 0 atom stereocenters. The Labute approximate surface area is 253 Å². The minimum Gasteiger partial charge on any atom is -0.125 e. The third kappa shape index (κ3) is 5.95. The van der Waals surface area contributed by atoms with Crippen LogP contribution in [-0.2, 0) is 0 Å². The number of hydrogen-bond acceptors (Lipinski definition) is 0. The first-order valence-electron chi connectivity index (χ1n) is 14.4. The molecule has 0 fully saturated rings. The van der Waals surface area contributed by atoms with Gasteiger partial charge in [-0.2, -0.15) is 0 Å². The second kappa shape index (κ2) is 12.8. The lowest BCUT2D eigenvalue weighted by atomic mass is 9.95. The van der Waals surface area contributed by atoms with Gasteiger partial charge in [0.05, 0.1) is 0 Å². The fourth-order valence-corrected chi connectivity index (χ4v) is 19.0. The Morgan fingerprint density at radius 1 is 0.500 bits per heavy atom. The minimum atomic E-state index is -1.82. The molecule has 2 aromatic carbocycles.